The summed E-state index contributed by atoms with van der Waals surface area (Å²) in [6.07, 6.45) is 3.62. The summed E-state index contributed by atoms with van der Waals surface area (Å²) in [4.78, 5) is 21.3. The third kappa shape index (κ3) is 2.15. The molecule has 2 N–H and O–H groups in total. The van der Waals surface area contributed by atoms with Crippen LogP contribution in [0.4, 0.5) is 0 Å². The van der Waals surface area contributed by atoms with Crippen LogP contribution >= 0.6 is 22.6 Å². The average Bonchev–Trinajstić information content (AvgIpc) is 3.28. The molecule has 0 unspecified atom stereocenters. The Morgan fingerprint density at radius 3 is 2.39 bits per heavy atom. The van der Waals surface area contributed by atoms with Gasteiger partial charge in [0.05, 0.1) is 22.1 Å². The number of fused-ring (bicyclic) bond motifs is 7. The van der Waals surface area contributed by atoms with Crippen molar-refractivity contribution in [3.63, 3.8) is 0 Å². The summed E-state index contributed by atoms with van der Waals surface area (Å²) in [5.74, 6) is 0.863. The summed E-state index contributed by atoms with van der Waals surface area (Å²) in [5, 5.41) is 3.22. The Bertz CT molecular complexity index is 1470. The van der Waals surface area contributed by atoms with Crippen LogP contribution in [-0.4, -0.2) is 24.9 Å². The smallest absolute Gasteiger partial charge is 0.140 e. The van der Waals surface area contributed by atoms with Gasteiger partial charge in [-0.05, 0) is 72.0 Å². The molecule has 0 radical (unpaired) electrons. The normalized spacial score (nSPS) is 11.9. The maximum Gasteiger partial charge on any atom is 0.140 e. The molecule has 0 saturated heterocycles. The van der Waals surface area contributed by atoms with Crippen LogP contribution < -0.4 is 0 Å². The maximum atomic E-state index is 5.03. The second-order valence-corrected chi connectivity index (χ2v) is 8.17. The third-order valence-corrected chi connectivity index (χ3v) is 5.92. The number of benzene rings is 2. The van der Waals surface area contributed by atoms with Gasteiger partial charge < -0.3 is 9.97 Å². The molecule has 0 aliphatic heterocycles. The van der Waals surface area contributed by atoms with Crippen LogP contribution in [0, 0.1) is 10.5 Å². The van der Waals surface area contributed by atoms with Crippen LogP contribution in [0.25, 0.3) is 55.1 Å². The first-order valence-electron chi connectivity index (χ1n) is 9.00. The first-order valence-corrected chi connectivity index (χ1v) is 10.1. The number of aromatic amines is 2. The Morgan fingerprint density at radius 1 is 0.821 bits per heavy atom. The minimum Gasteiger partial charge on any atom is -0.358 e. The molecule has 6 heteroatoms. The zero-order valence-electron chi connectivity index (χ0n) is 14.9. The van der Waals surface area contributed by atoms with E-state index < -0.39 is 0 Å². The van der Waals surface area contributed by atoms with Crippen molar-refractivity contribution < 1.29 is 0 Å². The summed E-state index contributed by atoms with van der Waals surface area (Å²) in [7, 11) is 0. The van der Waals surface area contributed by atoms with Gasteiger partial charge in [-0.25, -0.2) is 4.98 Å². The van der Waals surface area contributed by atoms with Crippen molar-refractivity contribution in [3.05, 3.63) is 64.1 Å². The number of hydrogen-bond donors (Lipinski definition) is 2. The van der Waals surface area contributed by atoms with Crippen molar-refractivity contribution in [2.45, 2.75) is 6.92 Å². The standard InChI is InChI=1S/C22H14IN5/c1-11-17(15-10-12(23)6-7-16(15)26-11)22-27-20-13-4-2-8-24-18(13)19-14(21(20)28-22)5-3-9-25-19/h2-10,26H,1H3,(H,27,28). The number of pyridine rings is 2. The zero-order valence-corrected chi connectivity index (χ0v) is 17.1. The molecule has 6 rings (SSSR count). The highest BCUT2D eigenvalue weighted by Gasteiger charge is 2.18. The number of nitrogens with one attached hydrogen (secondary N) is 2. The van der Waals surface area contributed by atoms with Crippen LogP contribution in [-0.2, 0) is 0 Å². The van der Waals surface area contributed by atoms with E-state index in [4.69, 9.17) is 4.98 Å². The topological polar surface area (TPSA) is 70.2 Å². The lowest BCUT2D eigenvalue weighted by Crippen LogP contribution is -1.86. The van der Waals surface area contributed by atoms with E-state index in [1.54, 1.807) is 0 Å². The predicted molar refractivity (Wildman–Crippen MR) is 121 cm³/mol. The van der Waals surface area contributed by atoms with Gasteiger partial charge >= 0.3 is 0 Å². The van der Waals surface area contributed by atoms with E-state index in [1.807, 2.05) is 24.5 Å². The lowest BCUT2D eigenvalue weighted by atomic mass is 10.1. The highest BCUT2D eigenvalue weighted by molar-refractivity contribution is 14.1. The molecular weight excluding hydrogens is 461 g/mol. The summed E-state index contributed by atoms with van der Waals surface area (Å²) in [6.45, 7) is 2.09. The SMILES string of the molecule is Cc1[nH]c2ccc(I)cc2c1-c1nc2c3cccnc3c3ncccc3c2[nH]1. The number of aryl methyl sites for hydroxylation is 1. The van der Waals surface area contributed by atoms with Gasteiger partial charge in [0.25, 0.3) is 0 Å². The molecule has 5 nitrogen and oxygen atoms in total. The molecule has 134 valence electrons. The van der Waals surface area contributed by atoms with E-state index in [0.717, 1.165) is 55.4 Å². The van der Waals surface area contributed by atoms with Crippen LogP contribution in [0.15, 0.2) is 54.9 Å². The highest BCUT2D eigenvalue weighted by Crippen LogP contribution is 2.36. The van der Waals surface area contributed by atoms with E-state index in [-0.39, 0.29) is 0 Å². The fourth-order valence-corrected chi connectivity index (χ4v) is 4.56. The maximum absolute atomic E-state index is 5.03. The lowest BCUT2D eigenvalue weighted by Gasteiger charge is -2.03. The fraction of sp³-hybridized carbons (Fsp3) is 0.0455. The minimum absolute atomic E-state index is 0.863. The summed E-state index contributed by atoms with van der Waals surface area (Å²) >= 11 is 2.35. The number of aromatic nitrogens is 5. The number of rotatable bonds is 1. The molecule has 0 saturated carbocycles. The monoisotopic (exact) mass is 475 g/mol. The molecule has 0 fully saturated rings. The first kappa shape index (κ1) is 16.0. The van der Waals surface area contributed by atoms with Crippen LogP contribution in [0.3, 0.4) is 0 Å². The Morgan fingerprint density at radius 2 is 1.57 bits per heavy atom. The van der Waals surface area contributed by atoms with Crippen LogP contribution in [0.2, 0.25) is 0 Å². The van der Waals surface area contributed by atoms with Crippen molar-refractivity contribution in [2.24, 2.45) is 0 Å². The number of imidazole rings is 1. The molecule has 6 aromatic rings. The van der Waals surface area contributed by atoms with Crippen molar-refractivity contribution in [1.29, 1.82) is 0 Å². The number of hydrogen-bond acceptors (Lipinski definition) is 3. The lowest BCUT2D eigenvalue weighted by molar-refractivity contribution is 1.26. The second kappa shape index (κ2) is 5.75. The molecule has 28 heavy (non-hydrogen) atoms. The average molecular weight is 475 g/mol. The van der Waals surface area contributed by atoms with E-state index in [1.165, 1.54) is 8.96 Å². The molecule has 0 amide bonds. The Balaban J connectivity index is 1.78. The van der Waals surface area contributed by atoms with E-state index in [9.17, 15) is 0 Å². The quantitative estimate of drug-likeness (QED) is 0.236. The molecule has 0 spiro atoms. The molecule has 4 heterocycles. The Kier molecular flexibility index (Phi) is 3.28. The van der Waals surface area contributed by atoms with Gasteiger partial charge in [-0.15, -0.1) is 0 Å². The van der Waals surface area contributed by atoms with E-state index in [2.05, 4.69) is 79.8 Å². The van der Waals surface area contributed by atoms with Gasteiger partial charge in [0.15, 0.2) is 0 Å². The number of halogens is 1. The van der Waals surface area contributed by atoms with Gasteiger partial charge in [-0.3, -0.25) is 9.97 Å². The van der Waals surface area contributed by atoms with Gasteiger partial charge in [0.1, 0.15) is 5.82 Å². The van der Waals surface area contributed by atoms with Gasteiger partial charge in [0, 0.05) is 48.9 Å². The summed E-state index contributed by atoms with van der Waals surface area (Å²) < 4.78 is 1.20. The number of nitrogens with zero attached hydrogens (tertiary/aromatic N) is 3. The predicted octanol–water partition coefficient (Wildman–Crippen LogP) is 5.72. The summed E-state index contributed by atoms with van der Waals surface area (Å²) in [6, 6.07) is 14.5. The van der Waals surface area contributed by atoms with Crippen LogP contribution in [0.1, 0.15) is 5.69 Å². The fourth-order valence-electron chi connectivity index (χ4n) is 4.07. The highest BCUT2D eigenvalue weighted by atomic mass is 127. The van der Waals surface area contributed by atoms with E-state index >= 15 is 0 Å². The van der Waals surface area contributed by atoms with Gasteiger partial charge in [-0.2, -0.15) is 0 Å². The molecule has 4 aromatic heterocycles. The Hall–Kier alpha value is -3.00. The number of H-pyrrole nitrogens is 2. The molecule has 2 aromatic carbocycles. The first-order chi connectivity index (χ1) is 13.7. The minimum atomic E-state index is 0.863. The second-order valence-electron chi connectivity index (χ2n) is 6.92. The third-order valence-electron chi connectivity index (χ3n) is 5.25. The van der Waals surface area contributed by atoms with E-state index in [0.29, 0.717) is 0 Å². The molecule has 0 aliphatic carbocycles. The van der Waals surface area contributed by atoms with Crippen molar-refractivity contribution in [3.8, 4) is 11.4 Å². The van der Waals surface area contributed by atoms with Crippen molar-refractivity contribution >= 4 is 66.3 Å². The van der Waals surface area contributed by atoms with Gasteiger partial charge in [0.2, 0.25) is 0 Å². The molecular formula is C22H14IN5. The van der Waals surface area contributed by atoms with Crippen LogP contribution in [0.5, 0.6) is 0 Å². The van der Waals surface area contributed by atoms with Crippen molar-refractivity contribution in [2.75, 3.05) is 0 Å². The molecule has 0 bridgehead atoms. The summed E-state index contributed by atoms with van der Waals surface area (Å²) in [5.41, 5.74) is 7.03. The molecule has 0 aliphatic rings. The largest absolute Gasteiger partial charge is 0.358 e. The van der Waals surface area contributed by atoms with Crippen molar-refractivity contribution in [1.82, 2.24) is 24.9 Å². The zero-order chi connectivity index (χ0) is 18.8. The Labute approximate surface area is 173 Å². The van der Waals surface area contributed by atoms with Gasteiger partial charge in [-0.1, -0.05) is 0 Å². The molecule has 0 atom stereocenters.